The van der Waals surface area contributed by atoms with Gasteiger partial charge in [-0.3, -0.25) is 0 Å². The van der Waals surface area contributed by atoms with E-state index in [2.05, 4.69) is 15.5 Å². The van der Waals surface area contributed by atoms with Crippen LogP contribution in [0.3, 0.4) is 0 Å². The number of likely N-dealkylation sites (tertiary alicyclic amines) is 1. The molecule has 0 bridgehead atoms. The summed E-state index contributed by atoms with van der Waals surface area (Å²) in [4.78, 5) is 18.2. The van der Waals surface area contributed by atoms with Crippen molar-refractivity contribution >= 4 is 6.03 Å². The topological polar surface area (TPSA) is 80.5 Å². The van der Waals surface area contributed by atoms with Crippen LogP contribution < -0.4 is 10.1 Å². The third-order valence-corrected chi connectivity index (χ3v) is 4.08. The zero-order valence-corrected chi connectivity index (χ0v) is 14.1. The number of amides is 2. The van der Waals surface area contributed by atoms with Crippen LogP contribution >= 0.6 is 0 Å². The largest absolute Gasteiger partial charge is 0.491 e. The van der Waals surface area contributed by atoms with Crippen LogP contribution in [0.15, 0.2) is 28.8 Å². The van der Waals surface area contributed by atoms with E-state index in [0.717, 1.165) is 12.8 Å². The molecule has 0 radical (unpaired) electrons. The molecule has 7 nitrogen and oxygen atoms in total. The Hall–Kier alpha value is -2.64. The van der Waals surface area contributed by atoms with Gasteiger partial charge in [-0.1, -0.05) is 5.16 Å². The van der Waals surface area contributed by atoms with Crippen LogP contribution in [0.25, 0.3) is 0 Å². The monoisotopic (exact) mass is 348 g/mol. The van der Waals surface area contributed by atoms with Gasteiger partial charge in [0.25, 0.3) is 0 Å². The molecule has 1 aliphatic heterocycles. The smallest absolute Gasteiger partial charge is 0.317 e. The first-order chi connectivity index (χ1) is 12.1. The molecule has 8 heteroatoms. The number of carbonyl (C=O) groups excluding carboxylic acids is 1. The molecule has 134 valence electrons. The second kappa shape index (κ2) is 7.96. The number of halogens is 1. The molecule has 1 aliphatic rings. The highest BCUT2D eigenvalue weighted by atomic mass is 19.1. The lowest BCUT2D eigenvalue weighted by Gasteiger charge is -2.25. The summed E-state index contributed by atoms with van der Waals surface area (Å²) in [6.07, 6.45) is 2.32. The van der Waals surface area contributed by atoms with E-state index in [4.69, 9.17) is 9.26 Å². The van der Waals surface area contributed by atoms with Crippen molar-refractivity contribution in [1.82, 2.24) is 20.4 Å². The number of carbonyl (C=O) groups is 1. The lowest BCUT2D eigenvalue weighted by Crippen LogP contribution is -2.45. The van der Waals surface area contributed by atoms with Crippen molar-refractivity contribution in [3.05, 3.63) is 41.8 Å². The maximum atomic E-state index is 12.9. The van der Waals surface area contributed by atoms with Crippen molar-refractivity contribution in [3.63, 3.8) is 0 Å². The summed E-state index contributed by atoms with van der Waals surface area (Å²) >= 11 is 0. The number of hydrogen-bond acceptors (Lipinski definition) is 5. The fraction of sp³-hybridized carbons (Fsp3) is 0.471. The minimum Gasteiger partial charge on any atom is -0.491 e. The lowest BCUT2D eigenvalue weighted by molar-refractivity contribution is 0.165. The fourth-order valence-corrected chi connectivity index (χ4v) is 2.82. The molecule has 0 saturated carbocycles. The molecule has 1 saturated heterocycles. The van der Waals surface area contributed by atoms with Gasteiger partial charge in [0.2, 0.25) is 5.89 Å². The summed E-state index contributed by atoms with van der Waals surface area (Å²) in [6.45, 7) is 3.27. The quantitative estimate of drug-likeness (QED) is 0.866. The minimum absolute atomic E-state index is 0.00991. The second-order valence-electron chi connectivity index (χ2n) is 5.97. The number of nitrogens with one attached hydrogen (secondary N) is 1. The van der Waals surface area contributed by atoms with Crippen LogP contribution in [0.5, 0.6) is 5.75 Å². The Morgan fingerprint density at radius 3 is 2.96 bits per heavy atom. The van der Waals surface area contributed by atoms with Crippen molar-refractivity contribution < 1.29 is 18.4 Å². The zero-order chi connectivity index (χ0) is 17.6. The predicted molar refractivity (Wildman–Crippen MR) is 87.8 cm³/mol. The molecule has 1 aromatic carbocycles. The molecule has 2 aromatic rings. The van der Waals surface area contributed by atoms with Gasteiger partial charge in [0.05, 0.1) is 6.04 Å². The summed E-state index contributed by atoms with van der Waals surface area (Å²) in [5, 5.41) is 6.59. The predicted octanol–water partition coefficient (Wildman–Crippen LogP) is 2.31. The van der Waals surface area contributed by atoms with Gasteiger partial charge >= 0.3 is 6.03 Å². The van der Waals surface area contributed by atoms with Gasteiger partial charge in [0.1, 0.15) is 18.2 Å². The van der Waals surface area contributed by atoms with E-state index >= 15 is 0 Å². The minimum atomic E-state index is -0.300. The highest BCUT2D eigenvalue weighted by molar-refractivity contribution is 5.74. The van der Waals surface area contributed by atoms with Gasteiger partial charge in [-0.05, 0) is 44.0 Å². The van der Waals surface area contributed by atoms with Gasteiger partial charge in [-0.25, -0.2) is 9.18 Å². The van der Waals surface area contributed by atoms with Crippen LogP contribution in [0.4, 0.5) is 9.18 Å². The molecule has 0 unspecified atom stereocenters. The van der Waals surface area contributed by atoms with Crippen molar-refractivity contribution in [1.29, 1.82) is 0 Å². The molecule has 25 heavy (non-hydrogen) atoms. The van der Waals surface area contributed by atoms with Crippen LogP contribution in [0.2, 0.25) is 0 Å². The maximum Gasteiger partial charge on any atom is 0.317 e. The average molecular weight is 348 g/mol. The first-order valence-corrected chi connectivity index (χ1v) is 8.34. The number of benzene rings is 1. The van der Waals surface area contributed by atoms with Gasteiger partial charge in [0, 0.05) is 19.5 Å². The molecule has 1 N–H and O–H groups in total. The van der Waals surface area contributed by atoms with E-state index < -0.39 is 0 Å². The second-order valence-corrected chi connectivity index (χ2v) is 5.97. The third kappa shape index (κ3) is 4.68. The van der Waals surface area contributed by atoms with Crippen molar-refractivity contribution in [2.45, 2.75) is 32.2 Å². The number of nitrogens with zero attached hydrogens (tertiary/aromatic N) is 3. The number of aryl methyl sites for hydroxylation is 1. The number of aromatic nitrogens is 2. The van der Waals surface area contributed by atoms with E-state index in [9.17, 15) is 9.18 Å². The molecule has 1 atom stereocenters. The summed E-state index contributed by atoms with van der Waals surface area (Å²) in [5.41, 5.74) is 0. The zero-order valence-electron chi connectivity index (χ0n) is 14.1. The Kier molecular flexibility index (Phi) is 5.47. The Labute approximate surface area is 145 Å². The Balaban J connectivity index is 1.45. The molecular weight excluding hydrogens is 327 g/mol. The third-order valence-electron chi connectivity index (χ3n) is 4.08. The normalized spacial score (nSPS) is 16.9. The Morgan fingerprint density at radius 2 is 2.24 bits per heavy atom. The Morgan fingerprint density at radius 1 is 1.44 bits per heavy atom. The van der Waals surface area contributed by atoms with E-state index in [-0.39, 0.29) is 17.9 Å². The molecular formula is C17H21FN4O3. The highest BCUT2D eigenvalue weighted by Crippen LogP contribution is 2.19. The average Bonchev–Trinajstić information content (AvgIpc) is 3.23. The van der Waals surface area contributed by atoms with Gasteiger partial charge in [-0.2, -0.15) is 4.98 Å². The van der Waals surface area contributed by atoms with E-state index in [1.54, 1.807) is 24.0 Å². The van der Waals surface area contributed by atoms with Crippen LogP contribution in [0.1, 0.15) is 24.6 Å². The highest BCUT2D eigenvalue weighted by Gasteiger charge is 2.29. The summed E-state index contributed by atoms with van der Waals surface area (Å²) in [7, 11) is 0. The molecule has 2 amide bonds. The van der Waals surface area contributed by atoms with Crippen molar-refractivity contribution in [2.24, 2.45) is 0 Å². The number of urea groups is 1. The van der Waals surface area contributed by atoms with E-state index in [1.807, 2.05) is 0 Å². The Bertz CT molecular complexity index is 704. The SMILES string of the molecule is Cc1noc(CCNC(=O)N2CCC[C@H]2COc2ccc(F)cc2)n1. The molecule has 0 spiro atoms. The first kappa shape index (κ1) is 17.2. The van der Waals surface area contributed by atoms with Gasteiger partial charge in [0.15, 0.2) is 5.82 Å². The lowest BCUT2D eigenvalue weighted by atomic mass is 10.2. The number of rotatable bonds is 6. The number of ether oxygens (including phenoxy) is 1. The molecule has 1 fully saturated rings. The first-order valence-electron chi connectivity index (χ1n) is 8.34. The number of hydrogen-bond donors (Lipinski definition) is 1. The summed E-state index contributed by atoms with van der Waals surface area (Å²) in [6, 6.07) is 5.76. The molecule has 2 heterocycles. The van der Waals surface area contributed by atoms with Crippen LogP contribution in [0, 0.1) is 12.7 Å². The van der Waals surface area contributed by atoms with Gasteiger partial charge in [-0.15, -0.1) is 0 Å². The van der Waals surface area contributed by atoms with Crippen molar-refractivity contribution in [3.8, 4) is 5.75 Å². The van der Waals surface area contributed by atoms with Crippen molar-refractivity contribution in [2.75, 3.05) is 19.7 Å². The maximum absolute atomic E-state index is 12.9. The summed E-state index contributed by atoms with van der Waals surface area (Å²) < 4.78 is 23.6. The summed E-state index contributed by atoms with van der Waals surface area (Å²) in [5.74, 6) is 1.39. The molecule has 3 rings (SSSR count). The van der Waals surface area contributed by atoms with E-state index in [0.29, 0.717) is 43.6 Å². The molecule has 0 aliphatic carbocycles. The standard InChI is InChI=1S/C17H21FN4O3/c1-12-20-16(25-21-12)8-9-19-17(23)22-10-2-3-14(22)11-24-15-6-4-13(18)5-7-15/h4-7,14H,2-3,8-11H2,1H3,(H,19,23)/t14-/m0/s1. The van der Waals surface area contributed by atoms with Gasteiger partial charge < -0.3 is 19.5 Å². The van der Waals surface area contributed by atoms with Crippen LogP contribution in [-0.2, 0) is 6.42 Å². The molecule has 1 aromatic heterocycles. The van der Waals surface area contributed by atoms with Crippen LogP contribution in [-0.4, -0.2) is 46.8 Å². The van der Waals surface area contributed by atoms with E-state index in [1.165, 1.54) is 12.1 Å². The fourth-order valence-electron chi connectivity index (χ4n) is 2.82.